The van der Waals surface area contributed by atoms with Gasteiger partial charge in [-0.1, -0.05) is 12.0 Å². The number of carbonyl (C=O) groups is 4. The van der Waals surface area contributed by atoms with Crippen LogP contribution in [0.1, 0.15) is 25.3 Å². The Labute approximate surface area is 146 Å². The molecule has 1 unspecified atom stereocenters. The Morgan fingerprint density at radius 2 is 1.96 bits per heavy atom. The molecule has 1 aromatic rings. The zero-order valence-corrected chi connectivity index (χ0v) is 14.1. The molecule has 1 heterocycles. The minimum atomic E-state index is -0.926. The van der Waals surface area contributed by atoms with Gasteiger partial charge >= 0.3 is 0 Å². The van der Waals surface area contributed by atoms with Crippen molar-refractivity contribution in [3.63, 3.8) is 0 Å². The van der Waals surface area contributed by atoms with Gasteiger partial charge in [0, 0.05) is 31.1 Å². The molecule has 4 amide bonds. The summed E-state index contributed by atoms with van der Waals surface area (Å²) in [6.07, 6.45) is 5.54. The molecule has 1 aromatic carbocycles. The topological polar surface area (TPSA) is 86.8 Å². The molecule has 0 aromatic heterocycles. The Hall–Kier alpha value is -3.14. The highest BCUT2D eigenvalue weighted by Gasteiger charge is 2.37. The van der Waals surface area contributed by atoms with Crippen LogP contribution >= 0.6 is 0 Å². The van der Waals surface area contributed by atoms with Crippen LogP contribution in [0.2, 0.25) is 0 Å². The molecule has 0 radical (unpaired) electrons. The zero-order chi connectivity index (χ0) is 18.6. The molecule has 2 rings (SSSR count). The van der Waals surface area contributed by atoms with Crippen molar-refractivity contribution in [2.75, 3.05) is 18.9 Å². The Morgan fingerprint density at radius 3 is 2.56 bits per heavy atom. The molecule has 0 saturated carbocycles. The van der Waals surface area contributed by atoms with Crippen molar-refractivity contribution < 1.29 is 19.2 Å². The summed E-state index contributed by atoms with van der Waals surface area (Å²) in [6, 6.07) is 5.85. The second kappa shape index (κ2) is 7.62. The van der Waals surface area contributed by atoms with Gasteiger partial charge in [0.1, 0.15) is 6.04 Å². The summed E-state index contributed by atoms with van der Waals surface area (Å²) in [5, 5.41) is 2.65. The molecule has 25 heavy (non-hydrogen) atoms. The lowest BCUT2D eigenvalue weighted by atomic mass is 10.2. The number of terminal acetylenes is 1. The van der Waals surface area contributed by atoms with Crippen LogP contribution < -0.4 is 5.32 Å². The van der Waals surface area contributed by atoms with Crippen molar-refractivity contribution in [3.8, 4) is 12.3 Å². The highest BCUT2D eigenvalue weighted by molar-refractivity contribution is 6.06. The molecular weight excluding hydrogens is 322 g/mol. The van der Waals surface area contributed by atoms with Crippen molar-refractivity contribution in [1.82, 2.24) is 9.80 Å². The summed E-state index contributed by atoms with van der Waals surface area (Å²) in [4.78, 5) is 50.1. The highest BCUT2D eigenvalue weighted by atomic mass is 16.2. The molecule has 0 bridgehead atoms. The van der Waals surface area contributed by atoms with Gasteiger partial charge in [0.2, 0.25) is 23.6 Å². The van der Waals surface area contributed by atoms with E-state index in [1.807, 2.05) is 0 Å². The number of hydrogen-bond donors (Lipinski definition) is 1. The normalized spacial score (nSPS) is 14.8. The maximum absolute atomic E-state index is 12.4. The van der Waals surface area contributed by atoms with Crippen LogP contribution in [-0.2, 0) is 19.2 Å². The van der Waals surface area contributed by atoms with Gasteiger partial charge in [0.25, 0.3) is 0 Å². The van der Waals surface area contributed by atoms with Crippen LogP contribution in [-0.4, -0.2) is 53.1 Å². The minimum Gasteiger partial charge on any atom is -0.335 e. The first-order valence-corrected chi connectivity index (χ1v) is 7.80. The largest absolute Gasteiger partial charge is 0.335 e. The fourth-order valence-corrected chi connectivity index (χ4v) is 2.64. The SMILES string of the molecule is C#Cc1cccc(NC(=O)CN(C)C(=O)C(C)N2C(=O)CCC2=O)c1. The second-order valence-electron chi connectivity index (χ2n) is 5.80. The van der Waals surface area contributed by atoms with Crippen molar-refractivity contribution >= 4 is 29.3 Å². The van der Waals surface area contributed by atoms with Crippen LogP contribution in [0.5, 0.6) is 0 Å². The molecule has 1 atom stereocenters. The molecular formula is C18H19N3O4. The maximum atomic E-state index is 12.4. The summed E-state index contributed by atoms with van der Waals surface area (Å²) in [5.74, 6) is 0.855. The van der Waals surface area contributed by atoms with E-state index in [9.17, 15) is 19.2 Å². The number of anilines is 1. The van der Waals surface area contributed by atoms with Crippen LogP contribution in [0.4, 0.5) is 5.69 Å². The molecule has 7 nitrogen and oxygen atoms in total. The molecule has 1 fully saturated rings. The smallest absolute Gasteiger partial charge is 0.245 e. The lowest BCUT2D eigenvalue weighted by Gasteiger charge is -2.26. The Bertz CT molecular complexity index is 750. The van der Waals surface area contributed by atoms with Crippen LogP contribution in [0.3, 0.4) is 0 Å². The monoisotopic (exact) mass is 341 g/mol. The molecule has 1 N–H and O–H groups in total. The quantitative estimate of drug-likeness (QED) is 0.628. The number of nitrogens with one attached hydrogen (secondary N) is 1. The minimum absolute atomic E-state index is 0.117. The van der Waals surface area contributed by atoms with Gasteiger partial charge in [-0.3, -0.25) is 24.1 Å². The lowest BCUT2D eigenvalue weighted by molar-refractivity contribution is -0.149. The maximum Gasteiger partial charge on any atom is 0.245 e. The van der Waals surface area contributed by atoms with E-state index in [2.05, 4.69) is 11.2 Å². The molecule has 7 heteroatoms. The van der Waals surface area contributed by atoms with Crippen molar-refractivity contribution in [2.24, 2.45) is 0 Å². The van der Waals surface area contributed by atoms with E-state index in [4.69, 9.17) is 6.42 Å². The average Bonchev–Trinajstić information content (AvgIpc) is 2.92. The summed E-state index contributed by atoms with van der Waals surface area (Å²) in [7, 11) is 1.45. The highest BCUT2D eigenvalue weighted by Crippen LogP contribution is 2.16. The number of likely N-dealkylation sites (N-methyl/N-ethyl adjacent to an activating group) is 1. The number of rotatable bonds is 5. The Balaban J connectivity index is 1.96. The first kappa shape index (κ1) is 18.2. The van der Waals surface area contributed by atoms with Gasteiger partial charge in [-0.25, -0.2) is 0 Å². The third-order valence-corrected chi connectivity index (χ3v) is 3.90. The third kappa shape index (κ3) is 4.23. The number of imide groups is 1. The molecule has 130 valence electrons. The van der Waals surface area contributed by atoms with Gasteiger partial charge in [-0.05, 0) is 25.1 Å². The summed E-state index contributed by atoms with van der Waals surface area (Å²) in [6.45, 7) is 1.27. The third-order valence-electron chi connectivity index (χ3n) is 3.90. The lowest BCUT2D eigenvalue weighted by Crippen LogP contribution is -2.49. The van der Waals surface area contributed by atoms with Gasteiger partial charge in [-0.2, -0.15) is 0 Å². The fourth-order valence-electron chi connectivity index (χ4n) is 2.64. The van der Waals surface area contributed by atoms with E-state index in [1.54, 1.807) is 24.3 Å². The second-order valence-corrected chi connectivity index (χ2v) is 5.80. The van der Waals surface area contributed by atoms with Crippen LogP contribution in [0.25, 0.3) is 0 Å². The Kier molecular flexibility index (Phi) is 5.55. The van der Waals surface area contributed by atoms with Crippen LogP contribution in [0, 0.1) is 12.3 Å². The summed E-state index contributed by atoms with van der Waals surface area (Å²) in [5.41, 5.74) is 1.15. The predicted octanol–water partition coefficient (Wildman–Crippen LogP) is 0.602. The van der Waals surface area contributed by atoms with Crippen molar-refractivity contribution in [3.05, 3.63) is 29.8 Å². The van der Waals surface area contributed by atoms with Gasteiger partial charge < -0.3 is 10.2 Å². The predicted molar refractivity (Wildman–Crippen MR) is 91.2 cm³/mol. The number of amides is 4. The van der Waals surface area contributed by atoms with Gasteiger partial charge in [0.05, 0.1) is 6.54 Å². The van der Waals surface area contributed by atoms with E-state index in [0.29, 0.717) is 11.3 Å². The Morgan fingerprint density at radius 1 is 1.32 bits per heavy atom. The number of nitrogens with zero attached hydrogens (tertiary/aromatic N) is 2. The number of likely N-dealkylation sites (tertiary alicyclic amines) is 1. The van der Waals surface area contributed by atoms with Crippen molar-refractivity contribution in [2.45, 2.75) is 25.8 Å². The average molecular weight is 341 g/mol. The number of carbonyl (C=O) groups excluding carboxylic acids is 4. The number of hydrogen-bond acceptors (Lipinski definition) is 4. The fraction of sp³-hybridized carbons (Fsp3) is 0.333. The van der Waals surface area contributed by atoms with E-state index >= 15 is 0 Å². The zero-order valence-electron chi connectivity index (χ0n) is 14.1. The van der Waals surface area contributed by atoms with E-state index in [0.717, 1.165) is 4.90 Å². The first-order valence-electron chi connectivity index (χ1n) is 7.80. The van der Waals surface area contributed by atoms with Gasteiger partial charge in [0.15, 0.2) is 0 Å². The van der Waals surface area contributed by atoms with Crippen LogP contribution in [0.15, 0.2) is 24.3 Å². The van der Waals surface area contributed by atoms with Gasteiger partial charge in [-0.15, -0.1) is 6.42 Å². The van der Waals surface area contributed by atoms with E-state index in [-0.39, 0.29) is 31.2 Å². The summed E-state index contributed by atoms with van der Waals surface area (Å²) >= 11 is 0. The molecule has 0 aliphatic carbocycles. The molecule has 1 aliphatic rings. The molecule has 1 saturated heterocycles. The van der Waals surface area contributed by atoms with Crippen molar-refractivity contribution in [1.29, 1.82) is 0 Å². The molecule has 0 spiro atoms. The van der Waals surface area contributed by atoms with E-state index < -0.39 is 17.9 Å². The first-order chi connectivity index (χ1) is 11.8. The standard InChI is InChI=1S/C18H19N3O4/c1-4-13-6-5-7-14(10-13)19-15(22)11-20(3)18(25)12(2)21-16(23)8-9-17(21)24/h1,5-7,10,12H,8-9,11H2,2-3H3,(H,19,22). The molecule has 1 aliphatic heterocycles. The van der Waals surface area contributed by atoms with E-state index in [1.165, 1.54) is 18.9 Å². The summed E-state index contributed by atoms with van der Waals surface area (Å²) < 4.78 is 0. The number of benzene rings is 1.